The number of benzene rings is 5. The summed E-state index contributed by atoms with van der Waals surface area (Å²) in [4.78, 5) is 59.5. The average molecular weight is 863 g/mol. The molecule has 0 radical (unpaired) electrons. The van der Waals surface area contributed by atoms with Crippen molar-refractivity contribution >= 4 is 68.3 Å². The van der Waals surface area contributed by atoms with Gasteiger partial charge in [-0.05, 0) is 60.7 Å². The molecule has 0 aliphatic carbocycles. The SMILES string of the molecule is COc1ccccc1C(=O)c1cc(F)ccc1NC(=O)Nc1nc(-c2ccccc2)ns1.COc1ccccc1C(=O)c1cc(F)ccc1NC(=O)Nc1nc(C(C)C)ns1. The summed E-state index contributed by atoms with van der Waals surface area (Å²) < 4.78 is 46.6. The fraction of sp³-hybridized carbons (Fsp3) is 0.116. The fourth-order valence-corrected chi connectivity index (χ4v) is 6.87. The molecule has 14 nitrogen and oxygen atoms in total. The summed E-state index contributed by atoms with van der Waals surface area (Å²) in [6.07, 6.45) is 0. The van der Waals surface area contributed by atoms with E-state index in [1.807, 2.05) is 44.2 Å². The third-order valence-electron chi connectivity index (χ3n) is 8.51. The molecule has 0 unspecified atom stereocenters. The molecule has 18 heteroatoms. The second kappa shape index (κ2) is 20.0. The summed E-state index contributed by atoms with van der Waals surface area (Å²) in [5.41, 5.74) is 1.63. The van der Waals surface area contributed by atoms with Gasteiger partial charge in [-0.1, -0.05) is 68.4 Å². The Kier molecular flexibility index (Phi) is 14.2. The van der Waals surface area contributed by atoms with E-state index in [1.165, 1.54) is 26.4 Å². The number of methoxy groups -OCH3 is 2. The van der Waals surface area contributed by atoms with Crippen LogP contribution in [-0.2, 0) is 0 Å². The van der Waals surface area contributed by atoms with Crippen LogP contribution in [0.2, 0.25) is 0 Å². The molecule has 0 saturated heterocycles. The summed E-state index contributed by atoms with van der Waals surface area (Å²) >= 11 is 2.08. The first kappa shape index (κ1) is 43.1. The van der Waals surface area contributed by atoms with Gasteiger partial charge >= 0.3 is 12.1 Å². The minimum atomic E-state index is -0.638. The van der Waals surface area contributed by atoms with Crippen LogP contribution in [0.15, 0.2) is 115 Å². The Labute approximate surface area is 356 Å². The number of anilines is 4. The number of amides is 4. The molecule has 0 atom stereocenters. The van der Waals surface area contributed by atoms with E-state index in [1.54, 1.807) is 48.5 Å². The van der Waals surface area contributed by atoms with E-state index >= 15 is 0 Å². The highest BCUT2D eigenvalue weighted by atomic mass is 32.1. The van der Waals surface area contributed by atoms with Crippen molar-refractivity contribution in [2.45, 2.75) is 19.8 Å². The molecule has 61 heavy (non-hydrogen) atoms. The van der Waals surface area contributed by atoms with Crippen LogP contribution in [0.4, 0.5) is 40.0 Å². The fourth-order valence-electron chi connectivity index (χ4n) is 5.58. The Balaban J connectivity index is 0.000000205. The second-order valence-corrected chi connectivity index (χ2v) is 14.5. The van der Waals surface area contributed by atoms with Crippen molar-refractivity contribution in [1.82, 2.24) is 18.7 Å². The van der Waals surface area contributed by atoms with Gasteiger partial charge in [-0.15, -0.1) is 0 Å². The Hall–Kier alpha value is -7.44. The van der Waals surface area contributed by atoms with Crippen molar-refractivity contribution in [3.05, 3.63) is 155 Å². The average Bonchev–Trinajstić information content (AvgIpc) is 3.95. The number of aromatic nitrogens is 4. The van der Waals surface area contributed by atoms with Crippen LogP contribution in [0.5, 0.6) is 11.5 Å². The lowest BCUT2D eigenvalue weighted by molar-refractivity contribution is 0.102. The molecule has 2 heterocycles. The largest absolute Gasteiger partial charge is 0.496 e. The number of rotatable bonds is 12. The van der Waals surface area contributed by atoms with Crippen LogP contribution in [-0.4, -0.2) is 56.6 Å². The number of urea groups is 2. The molecule has 0 spiro atoms. The quantitative estimate of drug-likeness (QED) is 0.0862. The van der Waals surface area contributed by atoms with Crippen molar-refractivity contribution in [3.8, 4) is 22.9 Å². The molecule has 0 aliphatic rings. The summed E-state index contributed by atoms with van der Waals surface area (Å²) in [6.45, 7) is 3.89. The number of hydrogen-bond donors (Lipinski definition) is 4. The van der Waals surface area contributed by atoms with Gasteiger partial charge in [0.15, 0.2) is 17.4 Å². The van der Waals surface area contributed by atoms with Crippen molar-refractivity contribution in [2.75, 3.05) is 35.5 Å². The monoisotopic (exact) mass is 862 g/mol. The molecule has 5 aromatic carbocycles. The van der Waals surface area contributed by atoms with Crippen LogP contribution in [0, 0.1) is 11.6 Å². The van der Waals surface area contributed by atoms with E-state index in [0.29, 0.717) is 28.3 Å². The molecule has 0 fully saturated rings. The lowest BCUT2D eigenvalue weighted by atomic mass is 10.0. The maximum atomic E-state index is 13.9. The van der Waals surface area contributed by atoms with E-state index in [0.717, 1.165) is 52.9 Å². The Morgan fingerprint density at radius 3 is 1.49 bits per heavy atom. The number of carbonyl (C=O) groups excluding carboxylic acids is 4. The summed E-state index contributed by atoms with van der Waals surface area (Å²) in [7, 11) is 2.88. The van der Waals surface area contributed by atoms with Gasteiger partial charge in [0.1, 0.15) is 29.0 Å². The van der Waals surface area contributed by atoms with Gasteiger partial charge in [0.2, 0.25) is 10.3 Å². The van der Waals surface area contributed by atoms with E-state index in [-0.39, 0.29) is 44.7 Å². The summed E-state index contributed by atoms with van der Waals surface area (Å²) in [5.74, 6) is -0.224. The van der Waals surface area contributed by atoms with Gasteiger partial charge in [-0.3, -0.25) is 20.2 Å². The van der Waals surface area contributed by atoms with Crippen molar-refractivity contribution < 1.29 is 37.4 Å². The second-order valence-electron chi connectivity index (χ2n) is 13.0. The van der Waals surface area contributed by atoms with E-state index in [9.17, 15) is 28.0 Å². The predicted molar refractivity (Wildman–Crippen MR) is 230 cm³/mol. The molecule has 0 saturated carbocycles. The maximum Gasteiger partial charge on any atom is 0.325 e. The highest BCUT2D eigenvalue weighted by molar-refractivity contribution is 7.10. The van der Waals surface area contributed by atoms with Crippen LogP contribution in [0.1, 0.15) is 57.4 Å². The first-order valence-corrected chi connectivity index (χ1v) is 19.8. The Bertz CT molecular complexity index is 2690. The van der Waals surface area contributed by atoms with Crippen molar-refractivity contribution in [3.63, 3.8) is 0 Å². The molecule has 2 aromatic heterocycles. The van der Waals surface area contributed by atoms with Gasteiger partial charge in [-0.25, -0.2) is 23.4 Å². The lowest BCUT2D eigenvalue weighted by Gasteiger charge is -2.12. The molecule has 0 aliphatic heterocycles. The van der Waals surface area contributed by atoms with Crippen LogP contribution < -0.4 is 30.7 Å². The zero-order chi connectivity index (χ0) is 43.5. The summed E-state index contributed by atoms with van der Waals surface area (Å²) in [5, 5.41) is 10.9. The molecule has 4 amide bonds. The number of hydrogen-bond acceptors (Lipinski definition) is 12. The molecular weight excluding hydrogens is 827 g/mol. The third-order valence-corrected chi connectivity index (χ3v) is 9.78. The van der Waals surface area contributed by atoms with Gasteiger partial charge < -0.3 is 20.1 Å². The molecular formula is C43H36F2N8O6S2. The minimum absolute atomic E-state index is 0.00443. The predicted octanol–water partition coefficient (Wildman–Crippen LogP) is 9.91. The molecule has 0 bridgehead atoms. The van der Waals surface area contributed by atoms with Gasteiger partial charge in [0, 0.05) is 45.7 Å². The molecule has 7 rings (SSSR count). The van der Waals surface area contributed by atoms with Crippen LogP contribution in [0.25, 0.3) is 11.4 Å². The van der Waals surface area contributed by atoms with Crippen LogP contribution >= 0.6 is 23.1 Å². The number of carbonyl (C=O) groups is 4. The van der Waals surface area contributed by atoms with Crippen molar-refractivity contribution in [1.29, 1.82) is 0 Å². The number of nitrogens with zero attached hydrogens (tertiary/aromatic N) is 4. The smallest absolute Gasteiger partial charge is 0.325 e. The standard InChI is InChI=1S/C23H17FN4O3S.C20H19FN4O3S/c1-31-19-10-6-5-9-16(19)20(29)17-13-15(24)11-12-18(17)25-22(30)27-23-26-21(28-32-23)14-7-3-2-4-8-14;1-11(2)18-23-20(29-25-18)24-19(27)22-15-9-8-12(21)10-14(15)17(26)13-6-4-5-7-16(13)28-3/h2-13H,1H3,(H2,25,26,27,28,30);4-11H,1-3H3,(H2,22,23,24,25,27). The normalized spacial score (nSPS) is 10.5. The number of ether oxygens (including phenoxy) is 2. The first-order valence-electron chi connectivity index (χ1n) is 18.3. The highest BCUT2D eigenvalue weighted by Crippen LogP contribution is 2.29. The van der Waals surface area contributed by atoms with E-state index in [2.05, 4.69) is 40.0 Å². The van der Waals surface area contributed by atoms with E-state index < -0.39 is 35.3 Å². The van der Waals surface area contributed by atoms with E-state index in [4.69, 9.17) is 9.47 Å². The first-order chi connectivity index (χ1) is 29.4. The zero-order valence-corrected chi connectivity index (χ0v) is 34.5. The Morgan fingerprint density at radius 1 is 0.557 bits per heavy atom. The third kappa shape index (κ3) is 11.0. The van der Waals surface area contributed by atoms with Crippen LogP contribution in [0.3, 0.4) is 0 Å². The molecule has 310 valence electrons. The number of para-hydroxylation sites is 2. The topological polar surface area (TPSA) is 186 Å². The number of halogens is 2. The maximum absolute atomic E-state index is 13.9. The van der Waals surface area contributed by atoms with Gasteiger partial charge in [-0.2, -0.15) is 13.7 Å². The molecule has 4 N–H and O–H groups in total. The van der Waals surface area contributed by atoms with Crippen molar-refractivity contribution in [2.24, 2.45) is 0 Å². The Morgan fingerprint density at radius 2 is 1.02 bits per heavy atom. The van der Waals surface area contributed by atoms with Gasteiger partial charge in [0.05, 0.1) is 36.7 Å². The lowest BCUT2D eigenvalue weighted by Crippen LogP contribution is -2.21. The zero-order valence-electron chi connectivity index (χ0n) is 32.9. The highest BCUT2D eigenvalue weighted by Gasteiger charge is 2.22. The molecule has 7 aromatic rings. The van der Waals surface area contributed by atoms with Gasteiger partial charge in [0.25, 0.3) is 0 Å². The number of ketones is 2. The number of nitrogens with one attached hydrogen (secondary N) is 4. The minimum Gasteiger partial charge on any atom is -0.496 e. The summed E-state index contributed by atoms with van der Waals surface area (Å²) in [6, 6.07) is 28.4.